The molecular weight excluding hydrogens is 1250 g/mol. The summed E-state index contributed by atoms with van der Waals surface area (Å²) in [5, 5.41) is 10.6. The van der Waals surface area contributed by atoms with Crippen molar-refractivity contribution in [3.05, 3.63) is 0 Å². The number of hydrogen-bond acceptors (Lipinski definition) is 15. The fourth-order valence-electron chi connectivity index (χ4n) is 11.5. The summed E-state index contributed by atoms with van der Waals surface area (Å²) in [6.45, 7) is 14.2. The van der Waals surface area contributed by atoms with Gasteiger partial charge in [0.2, 0.25) is 0 Å². The van der Waals surface area contributed by atoms with Crippen molar-refractivity contribution in [3.8, 4) is 0 Å². The van der Waals surface area contributed by atoms with Gasteiger partial charge in [-0.25, -0.2) is 9.13 Å². The molecule has 0 radical (unpaired) electrons. The predicted molar refractivity (Wildman–Crippen MR) is 386 cm³/mol. The van der Waals surface area contributed by atoms with Crippen LogP contribution in [0, 0.1) is 23.7 Å². The first-order valence-electron chi connectivity index (χ1n) is 39.3. The van der Waals surface area contributed by atoms with Gasteiger partial charge >= 0.3 is 39.5 Å². The summed E-state index contributed by atoms with van der Waals surface area (Å²) in [5.41, 5.74) is 0. The van der Waals surface area contributed by atoms with Gasteiger partial charge in [-0.1, -0.05) is 331 Å². The van der Waals surface area contributed by atoms with Crippen molar-refractivity contribution in [3.63, 3.8) is 0 Å². The molecule has 0 aliphatic heterocycles. The van der Waals surface area contributed by atoms with Gasteiger partial charge in [0, 0.05) is 25.7 Å². The number of rotatable bonds is 73. The molecule has 0 saturated heterocycles. The van der Waals surface area contributed by atoms with E-state index in [1.165, 1.54) is 180 Å². The Kier molecular flexibility index (Phi) is 64.0. The molecule has 0 aromatic carbocycles. The summed E-state index contributed by atoms with van der Waals surface area (Å²) in [7, 11) is -9.91. The molecule has 0 fully saturated rings. The van der Waals surface area contributed by atoms with Crippen LogP contribution < -0.4 is 0 Å². The van der Waals surface area contributed by atoms with Crippen LogP contribution >= 0.6 is 15.6 Å². The molecule has 4 unspecified atom stereocenters. The van der Waals surface area contributed by atoms with Crippen molar-refractivity contribution in [1.29, 1.82) is 0 Å². The number of esters is 4. The quantitative estimate of drug-likeness (QED) is 0.0222. The number of carbonyl (C=O) groups is 4. The van der Waals surface area contributed by atoms with E-state index >= 15 is 0 Å². The maximum atomic E-state index is 13.1. The topological polar surface area (TPSA) is 237 Å². The van der Waals surface area contributed by atoms with E-state index in [0.29, 0.717) is 25.7 Å². The molecule has 95 heavy (non-hydrogen) atoms. The minimum Gasteiger partial charge on any atom is -0.462 e. The molecule has 0 bridgehead atoms. The zero-order valence-electron chi connectivity index (χ0n) is 62.3. The molecule has 3 N–H and O–H groups in total. The van der Waals surface area contributed by atoms with Crippen molar-refractivity contribution >= 4 is 39.5 Å². The maximum absolute atomic E-state index is 13.1. The third kappa shape index (κ3) is 67.6. The van der Waals surface area contributed by atoms with Crippen LogP contribution in [0.3, 0.4) is 0 Å². The lowest BCUT2D eigenvalue weighted by Crippen LogP contribution is -2.30. The maximum Gasteiger partial charge on any atom is 0.472 e. The summed E-state index contributed by atoms with van der Waals surface area (Å²) < 4.78 is 68.5. The van der Waals surface area contributed by atoms with Gasteiger partial charge < -0.3 is 33.8 Å². The number of ether oxygens (including phenoxy) is 4. The molecule has 17 nitrogen and oxygen atoms in total. The number of hydrogen-bond donors (Lipinski definition) is 3. The largest absolute Gasteiger partial charge is 0.472 e. The summed E-state index contributed by atoms with van der Waals surface area (Å²) >= 11 is 0. The highest BCUT2D eigenvalue weighted by molar-refractivity contribution is 7.47. The Bertz CT molecular complexity index is 1870. The third-order valence-electron chi connectivity index (χ3n) is 18.3. The zero-order valence-corrected chi connectivity index (χ0v) is 64.1. The highest BCUT2D eigenvalue weighted by Gasteiger charge is 2.30. The van der Waals surface area contributed by atoms with E-state index in [2.05, 4.69) is 55.4 Å². The van der Waals surface area contributed by atoms with Gasteiger partial charge in [0.15, 0.2) is 12.2 Å². The average Bonchev–Trinajstić information content (AvgIpc) is 1.50. The van der Waals surface area contributed by atoms with E-state index in [4.69, 9.17) is 37.0 Å². The van der Waals surface area contributed by atoms with E-state index in [-0.39, 0.29) is 25.7 Å². The fraction of sp³-hybridized carbons (Fsp3) is 0.947. The second kappa shape index (κ2) is 65.4. The van der Waals surface area contributed by atoms with Crippen LogP contribution in [0.5, 0.6) is 0 Å². The molecule has 19 heteroatoms. The molecule has 0 amide bonds. The van der Waals surface area contributed by atoms with E-state index < -0.39 is 97.5 Å². The Labute approximate surface area is 581 Å². The Morgan fingerprint density at radius 1 is 0.295 bits per heavy atom. The molecule has 0 aliphatic carbocycles. The first-order valence-corrected chi connectivity index (χ1v) is 42.3. The molecule has 564 valence electrons. The van der Waals surface area contributed by atoms with Gasteiger partial charge in [-0.3, -0.25) is 37.3 Å². The standard InChI is InChI=1S/C76H148O17P2/c1-9-68(7)54-46-38-30-26-27-31-40-48-56-73(78)86-62-71(92-75(80)58-50-42-32-24-20-15-13-11-12-14-18-22-28-36-44-52-66(3)4)64-90-94(82,83)88-60-70(77)61-89-95(84,85)91-65-72(63-87-74(79)57-49-41-35-34-39-47-55-69(8)10-2)93-76(81)59-51-43-33-25-21-17-16-19-23-29-37-45-53-67(5)6/h66-72,77H,9-65H2,1-8H3,(H,82,83)(H,84,85)/t68?,69?,70-,71-,72-/m1/s1. The second-order valence-electron chi connectivity index (χ2n) is 28.8. The normalized spacial score (nSPS) is 14.7. The van der Waals surface area contributed by atoms with Crippen molar-refractivity contribution < 1.29 is 80.2 Å². The van der Waals surface area contributed by atoms with Gasteiger partial charge in [0.1, 0.15) is 19.3 Å². The number of carbonyl (C=O) groups excluding carboxylic acids is 4. The van der Waals surface area contributed by atoms with Crippen LogP contribution in [0.1, 0.15) is 383 Å². The number of phosphoric ester groups is 2. The van der Waals surface area contributed by atoms with Crippen molar-refractivity contribution in [2.45, 2.75) is 401 Å². The molecular formula is C76H148O17P2. The lowest BCUT2D eigenvalue weighted by atomic mass is 9.99. The third-order valence-corrected chi connectivity index (χ3v) is 20.2. The number of unbranched alkanes of at least 4 members (excludes halogenated alkanes) is 37. The zero-order chi connectivity index (χ0) is 70.3. The first kappa shape index (κ1) is 93.1. The summed E-state index contributed by atoms with van der Waals surface area (Å²) in [6.07, 6.45) is 49.9. The Morgan fingerprint density at radius 2 is 0.505 bits per heavy atom. The van der Waals surface area contributed by atoms with Gasteiger partial charge in [0.05, 0.1) is 26.4 Å². The van der Waals surface area contributed by atoms with Gasteiger partial charge in [0.25, 0.3) is 0 Å². The van der Waals surface area contributed by atoms with Crippen molar-refractivity contribution in [2.24, 2.45) is 23.7 Å². The minimum atomic E-state index is -4.96. The lowest BCUT2D eigenvalue weighted by molar-refractivity contribution is -0.161. The summed E-state index contributed by atoms with van der Waals surface area (Å²) in [4.78, 5) is 72.8. The monoisotopic (exact) mass is 1400 g/mol. The van der Waals surface area contributed by atoms with Crippen LogP contribution in [-0.2, 0) is 65.4 Å². The van der Waals surface area contributed by atoms with Crippen LogP contribution in [0.2, 0.25) is 0 Å². The van der Waals surface area contributed by atoms with Crippen molar-refractivity contribution in [1.82, 2.24) is 0 Å². The molecule has 0 rings (SSSR count). The minimum absolute atomic E-state index is 0.105. The Morgan fingerprint density at radius 3 is 0.747 bits per heavy atom. The Balaban J connectivity index is 5.25. The predicted octanol–water partition coefficient (Wildman–Crippen LogP) is 22.0. The van der Waals surface area contributed by atoms with Gasteiger partial charge in [-0.2, -0.15) is 0 Å². The molecule has 0 saturated carbocycles. The van der Waals surface area contributed by atoms with Crippen LogP contribution in [0.25, 0.3) is 0 Å². The summed E-state index contributed by atoms with van der Waals surface area (Å²) in [5.74, 6) is 0.966. The molecule has 0 spiro atoms. The molecule has 0 aromatic rings. The molecule has 7 atom stereocenters. The van der Waals surface area contributed by atoms with E-state index in [1.807, 2.05) is 0 Å². The smallest absolute Gasteiger partial charge is 0.462 e. The number of phosphoric acid groups is 2. The number of aliphatic hydroxyl groups is 1. The Hall–Kier alpha value is -1.94. The highest BCUT2D eigenvalue weighted by Crippen LogP contribution is 2.45. The van der Waals surface area contributed by atoms with E-state index in [1.54, 1.807) is 0 Å². The average molecular weight is 1400 g/mol. The van der Waals surface area contributed by atoms with Crippen molar-refractivity contribution in [2.75, 3.05) is 39.6 Å². The van der Waals surface area contributed by atoms with Gasteiger partial charge in [-0.15, -0.1) is 0 Å². The number of aliphatic hydroxyl groups excluding tert-OH is 1. The van der Waals surface area contributed by atoms with Crippen LogP contribution in [0.4, 0.5) is 0 Å². The van der Waals surface area contributed by atoms with Crippen LogP contribution in [0.15, 0.2) is 0 Å². The van der Waals surface area contributed by atoms with E-state index in [9.17, 15) is 43.2 Å². The first-order chi connectivity index (χ1) is 45.7. The SMILES string of the molecule is CCC(C)CCCCCCCCCCC(=O)OC[C@H](COP(=O)(O)OC[C@@H](O)COP(=O)(O)OC[C@@H](COC(=O)CCCCCCCCC(C)CC)OC(=O)CCCCCCCCCCCCCCC(C)C)OC(=O)CCCCCCCCCCCCCCCCCC(C)C. The van der Waals surface area contributed by atoms with E-state index in [0.717, 1.165) is 120 Å². The fourth-order valence-corrected chi connectivity index (χ4v) is 13.1. The summed E-state index contributed by atoms with van der Waals surface area (Å²) in [6, 6.07) is 0. The highest BCUT2D eigenvalue weighted by atomic mass is 31.2. The van der Waals surface area contributed by atoms with Gasteiger partial charge in [-0.05, 0) is 49.4 Å². The van der Waals surface area contributed by atoms with Crippen LogP contribution in [-0.4, -0.2) is 96.7 Å². The molecule has 0 heterocycles. The second-order valence-corrected chi connectivity index (χ2v) is 31.7. The lowest BCUT2D eigenvalue weighted by Gasteiger charge is -2.21. The molecule has 0 aliphatic rings. The molecule has 0 aromatic heterocycles.